The summed E-state index contributed by atoms with van der Waals surface area (Å²) < 4.78 is 0. The van der Waals surface area contributed by atoms with E-state index in [0.29, 0.717) is 6.04 Å². The van der Waals surface area contributed by atoms with Crippen LogP contribution in [0.3, 0.4) is 0 Å². The molecule has 1 N–H and O–H groups in total. The minimum Gasteiger partial charge on any atom is -0.315 e. The van der Waals surface area contributed by atoms with Crippen LogP contribution >= 0.6 is 0 Å². The highest BCUT2D eigenvalue weighted by atomic mass is 15.2. The topological polar surface area (TPSA) is 15.3 Å². The Morgan fingerprint density at radius 2 is 2.20 bits per heavy atom. The summed E-state index contributed by atoms with van der Waals surface area (Å²) in [5.41, 5.74) is 0. The highest BCUT2D eigenvalue weighted by molar-refractivity contribution is 4.77. The van der Waals surface area contributed by atoms with Crippen LogP contribution < -0.4 is 5.32 Å². The summed E-state index contributed by atoms with van der Waals surface area (Å²) in [6, 6.07) is 1.58. The van der Waals surface area contributed by atoms with Gasteiger partial charge in [-0.3, -0.25) is 0 Å². The van der Waals surface area contributed by atoms with Crippen LogP contribution in [0.1, 0.15) is 52.9 Å². The van der Waals surface area contributed by atoms with Crippen LogP contribution in [0.2, 0.25) is 0 Å². The van der Waals surface area contributed by atoms with E-state index in [2.05, 4.69) is 31.0 Å². The molecule has 0 aromatic rings. The van der Waals surface area contributed by atoms with E-state index in [-0.39, 0.29) is 0 Å². The van der Waals surface area contributed by atoms with Gasteiger partial charge < -0.3 is 10.2 Å². The van der Waals surface area contributed by atoms with E-state index < -0.39 is 0 Å². The molecule has 2 heteroatoms. The minimum atomic E-state index is 0.692. The number of rotatable bonds is 7. The molecule has 2 atom stereocenters. The maximum Gasteiger partial charge on any atom is 0.00931 e. The van der Waals surface area contributed by atoms with Gasteiger partial charge in [0, 0.05) is 12.1 Å². The van der Waals surface area contributed by atoms with Crippen molar-refractivity contribution in [3.63, 3.8) is 0 Å². The standard InChI is InChI=1S/C13H28N2/c1-4-13-9-7-11-15(13)10-6-8-12(3)14-5-2/h12-14H,4-11H2,1-3H3. The van der Waals surface area contributed by atoms with Crippen LogP contribution in [-0.4, -0.2) is 36.6 Å². The van der Waals surface area contributed by atoms with Crippen LogP contribution in [-0.2, 0) is 0 Å². The molecule has 1 fully saturated rings. The Morgan fingerprint density at radius 3 is 2.87 bits per heavy atom. The molecule has 1 aliphatic rings. The Kier molecular flexibility index (Phi) is 6.26. The van der Waals surface area contributed by atoms with Crippen molar-refractivity contribution in [1.29, 1.82) is 0 Å². The maximum atomic E-state index is 3.48. The molecule has 0 aromatic carbocycles. The van der Waals surface area contributed by atoms with Gasteiger partial charge in [-0.1, -0.05) is 13.8 Å². The van der Waals surface area contributed by atoms with Gasteiger partial charge in [0.1, 0.15) is 0 Å². The molecule has 90 valence electrons. The second-order valence-electron chi connectivity index (χ2n) is 4.84. The predicted molar refractivity (Wildman–Crippen MR) is 67.3 cm³/mol. The van der Waals surface area contributed by atoms with Gasteiger partial charge in [0.2, 0.25) is 0 Å². The fourth-order valence-corrected chi connectivity index (χ4v) is 2.70. The Morgan fingerprint density at radius 1 is 1.40 bits per heavy atom. The van der Waals surface area contributed by atoms with Crippen molar-refractivity contribution in [3.05, 3.63) is 0 Å². The Labute approximate surface area is 95.4 Å². The molecular weight excluding hydrogens is 184 g/mol. The zero-order chi connectivity index (χ0) is 11.1. The second kappa shape index (κ2) is 7.24. The summed E-state index contributed by atoms with van der Waals surface area (Å²) >= 11 is 0. The third-order valence-electron chi connectivity index (χ3n) is 3.61. The third-order valence-corrected chi connectivity index (χ3v) is 3.61. The van der Waals surface area contributed by atoms with E-state index in [1.165, 1.54) is 45.2 Å². The Balaban J connectivity index is 2.08. The molecule has 0 saturated carbocycles. The normalized spacial score (nSPS) is 24.6. The van der Waals surface area contributed by atoms with Crippen molar-refractivity contribution in [1.82, 2.24) is 10.2 Å². The minimum absolute atomic E-state index is 0.692. The van der Waals surface area contributed by atoms with Crippen molar-refractivity contribution in [2.24, 2.45) is 0 Å². The van der Waals surface area contributed by atoms with Gasteiger partial charge in [-0.25, -0.2) is 0 Å². The van der Waals surface area contributed by atoms with Crippen molar-refractivity contribution in [2.45, 2.75) is 65.0 Å². The van der Waals surface area contributed by atoms with Gasteiger partial charge in [-0.15, -0.1) is 0 Å². The largest absolute Gasteiger partial charge is 0.315 e. The highest BCUT2D eigenvalue weighted by Gasteiger charge is 2.21. The number of nitrogens with one attached hydrogen (secondary N) is 1. The molecule has 1 heterocycles. The molecule has 15 heavy (non-hydrogen) atoms. The zero-order valence-electron chi connectivity index (χ0n) is 10.8. The summed E-state index contributed by atoms with van der Waals surface area (Å²) in [6.07, 6.45) is 6.86. The molecule has 2 unspecified atom stereocenters. The molecule has 1 saturated heterocycles. The molecule has 1 rings (SSSR count). The molecule has 0 amide bonds. The zero-order valence-corrected chi connectivity index (χ0v) is 10.8. The molecule has 0 bridgehead atoms. The molecule has 0 radical (unpaired) electrons. The second-order valence-corrected chi connectivity index (χ2v) is 4.84. The fraction of sp³-hybridized carbons (Fsp3) is 1.00. The third kappa shape index (κ3) is 4.52. The molecule has 0 aliphatic carbocycles. The van der Waals surface area contributed by atoms with Crippen LogP contribution in [0, 0.1) is 0 Å². The lowest BCUT2D eigenvalue weighted by molar-refractivity contribution is 0.240. The summed E-state index contributed by atoms with van der Waals surface area (Å²) in [4.78, 5) is 2.69. The van der Waals surface area contributed by atoms with Crippen LogP contribution in [0.4, 0.5) is 0 Å². The molecule has 0 aromatic heterocycles. The first-order valence-corrected chi connectivity index (χ1v) is 6.75. The van der Waals surface area contributed by atoms with Crippen molar-refractivity contribution in [3.8, 4) is 0 Å². The Hall–Kier alpha value is -0.0800. The average molecular weight is 212 g/mol. The lowest BCUT2D eigenvalue weighted by Crippen LogP contribution is -2.31. The average Bonchev–Trinajstić information content (AvgIpc) is 2.66. The number of hydrogen-bond donors (Lipinski definition) is 1. The van der Waals surface area contributed by atoms with E-state index in [4.69, 9.17) is 0 Å². The highest BCUT2D eigenvalue weighted by Crippen LogP contribution is 2.20. The lowest BCUT2D eigenvalue weighted by atomic mass is 10.1. The monoisotopic (exact) mass is 212 g/mol. The van der Waals surface area contributed by atoms with Gasteiger partial charge >= 0.3 is 0 Å². The summed E-state index contributed by atoms with van der Waals surface area (Å²) in [7, 11) is 0. The lowest BCUT2D eigenvalue weighted by Gasteiger charge is -2.23. The Bertz CT molecular complexity index is 159. The molecule has 1 aliphatic heterocycles. The number of nitrogens with zero attached hydrogens (tertiary/aromatic N) is 1. The van der Waals surface area contributed by atoms with E-state index in [9.17, 15) is 0 Å². The van der Waals surface area contributed by atoms with E-state index in [0.717, 1.165) is 12.6 Å². The number of likely N-dealkylation sites (tertiary alicyclic amines) is 1. The molecular formula is C13H28N2. The van der Waals surface area contributed by atoms with Crippen molar-refractivity contribution in [2.75, 3.05) is 19.6 Å². The van der Waals surface area contributed by atoms with Gasteiger partial charge in [0.05, 0.1) is 0 Å². The first-order chi connectivity index (χ1) is 7.27. The summed E-state index contributed by atoms with van der Waals surface area (Å²) in [5, 5.41) is 3.48. The van der Waals surface area contributed by atoms with Gasteiger partial charge in [-0.05, 0) is 58.7 Å². The maximum absolute atomic E-state index is 3.48. The fourth-order valence-electron chi connectivity index (χ4n) is 2.70. The molecule has 2 nitrogen and oxygen atoms in total. The van der Waals surface area contributed by atoms with Gasteiger partial charge in [0.15, 0.2) is 0 Å². The van der Waals surface area contributed by atoms with E-state index in [1.54, 1.807) is 0 Å². The smallest absolute Gasteiger partial charge is 0.00931 e. The SMILES string of the molecule is CCNC(C)CCCN1CCCC1CC. The van der Waals surface area contributed by atoms with Crippen molar-refractivity contribution < 1.29 is 0 Å². The van der Waals surface area contributed by atoms with Crippen LogP contribution in [0.25, 0.3) is 0 Å². The first-order valence-electron chi connectivity index (χ1n) is 6.75. The van der Waals surface area contributed by atoms with Crippen LogP contribution in [0.5, 0.6) is 0 Å². The predicted octanol–water partition coefficient (Wildman–Crippen LogP) is 2.64. The van der Waals surface area contributed by atoms with E-state index >= 15 is 0 Å². The summed E-state index contributed by atoms with van der Waals surface area (Å²) in [6.45, 7) is 10.6. The van der Waals surface area contributed by atoms with E-state index in [1.807, 2.05) is 0 Å². The summed E-state index contributed by atoms with van der Waals surface area (Å²) in [5.74, 6) is 0. The van der Waals surface area contributed by atoms with Crippen molar-refractivity contribution >= 4 is 0 Å². The first kappa shape index (κ1) is 13.0. The quantitative estimate of drug-likeness (QED) is 0.698. The van der Waals surface area contributed by atoms with Gasteiger partial charge in [0.25, 0.3) is 0 Å². The molecule has 0 spiro atoms. The van der Waals surface area contributed by atoms with Gasteiger partial charge in [-0.2, -0.15) is 0 Å². The number of hydrogen-bond acceptors (Lipinski definition) is 2. The van der Waals surface area contributed by atoms with Crippen LogP contribution in [0.15, 0.2) is 0 Å².